The molecule has 0 aliphatic heterocycles. The van der Waals surface area contributed by atoms with Gasteiger partial charge in [-0.25, -0.2) is 0 Å². The zero-order valence-electron chi connectivity index (χ0n) is 9.50. The van der Waals surface area contributed by atoms with E-state index in [1.165, 1.54) is 0 Å². The highest BCUT2D eigenvalue weighted by atomic mass is 16.3. The summed E-state index contributed by atoms with van der Waals surface area (Å²) in [5.41, 5.74) is 7.84. The van der Waals surface area contributed by atoms with Crippen molar-refractivity contribution in [2.24, 2.45) is 5.73 Å². The Hall–Kier alpha value is -1.87. The van der Waals surface area contributed by atoms with Gasteiger partial charge in [-0.15, -0.1) is 0 Å². The third-order valence-corrected chi connectivity index (χ3v) is 2.67. The van der Waals surface area contributed by atoms with Gasteiger partial charge in [-0.2, -0.15) is 0 Å². The van der Waals surface area contributed by atoms with Gasteiger partial charge < -0.3 is 10.2 Å². The minimum absolute atomic E-state index is 0.0373. The van der Waals surface area contributed by atoms with E-state index in [4.69, 9.17) is 10.2 Å². The average Bonchev–Trinajstić information content (AvgIpc) is 2.83. The second-order valence-corrected chi connectivity index (χ2v) is 4.07. The fourth-order valence-corrected chi connectivity index (χ4v) is 1.71. The van der Waals surface area contributed by atoms with E-state index in [-0.39, 0.29) is 5.78 Å². The van der Waals surface area contributed by atoms with Gasteiger partial charge in [-0.1, -0.05) is 30.3 Å². The first-order chi connectivity index (χ1) is 8.25. The molecule has 1 atom stereocenters. The molecule has 0 radical (unpaired) electrons. The van der Waals surface area contributed by atoms with Crippen LogP contribution < -0.4 is 5.73 Å². The van der Waals surface area contributed by atoms with E-state index in [2.05, 4.69) is 0 Å². The molecule has 0 aliphatic rings. The highest BCUT2D eigenvalue weighted by molar-refractivity contribution is 5.86. The maximum atomic E-state index is 11.8. The van der Waals surface area contributed by atoms with Crippen LogP contribution in [-0.2, 0) is 17.6 Å². The molecule has 0 aliphatic carbocycles. The predicted molar refractivity (Wildman–Crippen MR) is 65.5 cm³/mol. The lowest BCUT2D eigenvalue weighted by Crippen LogP contribution is -2.33. The fraction of sp³-hybridized carbons (Fsp3) is 0.214. The molecule has 2 rings (SSSR count). The standard InChI is InChI=1S/C14H15NO2/c15-13(8-11-4-2-1-3-5-11)14(16)9-12-6-7-17-10-12/h1-7,10,13H,8-9,15H2. The topological polar surface area (TPSA) is 56.2 Å². The van der Waals surface area contributed by atoms with Crippen LogP contribution in [0.3, 0.4) is 0 Å². The van der Waals surface area contributed by atoms with Crippen LogP contribution in [0.4, 0.5) is 0 Å². The van der Waals surface area contributed by atoms with Gasteiger partial charge in [0.2, 0.25) is 0 Å². The van der Waals surface area contributed by atoms with Crippen molar-refractivity contribution < 1.29 is 9.21 Å². The molecular formula is C14H15NO2. The minimum atomic E-state index is -0.452. The van der Waals surface area contributed by atoms with Crippen molar-refractivity contribution in [3.63, 3.8) is 0 Å². The van der Waals surface area contributed by atoms with Gasteiger partial charge >= 0.3 is 0 Å². The van der Waals surface area contributed by atoms with Crippen LogP contribution >= 0.6 is 0 Å². The molecule has 1 heterocycles. The monoisotopic (exact) mass is 229 g/mol. The highest BCUT2D eigenvalue weighted by Crippen LogP contribution is 2.06. The van der Waals surface area contributed by atoms with Gasteiger partial charge in [0.05, 0.1) is 18.6 Å². The quantitative estimate of drug-likeness (QED) is 0.852. The molecule has 0 fully saturated rings. The first-order valence-electron chi connectivity index (χ1n) is 5.59. The summed E-state index contributed by atoms with van der Waals surface area (Å²) in [5.74, 6) is 0.0373. The molecule has 0 saturated carbocycles. The number of carbonyl (C=O) groups excluding carboxylic acids is 1. The largest absolute Gasteiger partial charge is 0.472 e. The molecule has 17 heavy (non-hydrogen) atoms. The SMILES string of the molecule is NC(Cc1ccccc1)C(=O)Cc1ccoc1. The number of carbonyl (C=O) groups is 1. The zero-order valence-corrected chi connectivity index (χ0v) is 9.50. The smallest absolute Gasteiger partial charge is 0.154 e. The molecule has 0 saturated heterocycles. The van der Waals surface area contributed by atoms with Crippen molar-refractivity contribution in [2.45, 2.75) is 18.9 Å². The van der Waals surface area contributed by atoms with E-state index in [0.717, 1.165) is 11.1 Å². The number of hydrogen-bond donors (Lipinski definition) is 1. The third-order valence-electron chi connectivity index (χ3n) is 2.67. The van der Waals surface area contributed by atoms with Gasteiger partial charge in [-0.05, 0) is 23.6 Å². The average molecular weight is 229 g/mol. The summed E-state index contributed by atoms with van der Waals surface area (Å²) in [6.45, 7) is 0. The van der Waals surface area contributed by atoms with Crippen LogP contribution in [0.25, 0.3) is 0 Å². The Labute approximate surface area is 100 Å². The number of ketones is 1. The van der Waals surface area contributed by atoms with E-state index in [0.29, 0.717) is 12.8 Å². The van der Waals surface area contributed by atoms with Crippen LogP contribution in [0.15, 0.2) is 53.3 Å². The van der Waals surface area contributed by atoms with Crippen molar-refractivity contribution in [3.05, 3.63) is 60.1 Å². The van der Waals surface area contributed by atoms with Crippen molar-refractivity contribution in [1.82, 2.24) is 0 Å². The van der Waals surface area contributed by atoms with Gasteiger partial charge in [0.1, 0.15) is 0 Å². The van der Waals surface area contributed by atoms with Gasteiger partial charge in [-0.3, -0.25) is 4.79 Å². The van der Waals surface area contributed by atoms with Crippen LogP contribution in [0.1, 0.15) is 11.1 Å². The minimum Gasteiger partial charge on any atom is -0.472 e. The molecule has 88 valence electrons. The lowest BCUT2D eigenvalue weighted by atomic mass is 10.00. The number of nitrogens with two attached hydrogens (primary N) is 1. The zero-order chi connectivity index (χ0) is 12.1. The summed E-state index contributed by atoms with van der Waals surface area (Å²) in [4.78, 5) is 11.8. The Bertz CT molecular complexity index is 462. The molecule has 0 bridgehead atoms. The summed E-state index contributed by atoms with van der Waals surface area (Å²) in [6.07, 6.45) is 4.06. The van der Waals surface area contributed by atoms with Gasteiger partial charge in [0.25, 0.3) is 0 Å². The highest BCUT2D eigenvalue weighted by Gasteiger charge is 2.14. The fourth-order valence-electron chi connectivity index (χ4n) is 1.71. The Balaban J connectivity index is 1.92. The van der Waals surface area contributed by atoms with Gasteiger partial charge in [0.15, 0.2) is 5.78 Å². The molecule has 3 nitrogen and oxygen atoms in total. The lowest BCUT2D eigenvalue weighted by molar-refractivity contribution is -0.119. The second-order valence-electron chi connectivity index (χ2n) is 4.07. The maximum absolute atomic E-state index is 11.8. The summed E-state index contributed by atoms with van der Waals surface area (Å²) in [6, 6.07) is 11.1. The molecule has 2 N–H and O–H groups in total. The molecule has 1 aromatic heterocycles. The van der Waals surface area contributed by atoms with E-state index < -0.39 is 6.04 Å². The normalized spacial score (nSPS) is 12.3. The van der Waals surface area contributed by atoms with Gasteiger partial charge in [0, 0.05) is 6.42 Å². The molecule has 3 heteroatoms. The molecule has 1 aromatic carbocycles. The molecule has 2 aromatic rings. The lowest BCUT2D eigenvalue weighted by Gasteiger charge is -2.09. The van der Waals surface area contributed by atoms with E-state index in [9.17, 15) is 4.79 Å². The van der Waals surface area contributed by atoms with Crippen molar-refractivity contribution >= 4 is 5.78 Å². The number of furan rings is 1. The molecule has 0 spiro atoms. The van der Waals surface area contributed by atoms with Crippen LogP contribution in [0.5, 0.6) is 0 Å². The second kappa shape index (κ2) is 5.46. The maximum Gasteiger partial charge on any atom is 0.154 e. The summed E-state index contributed by atoms with van der Waals surface area (Å²) < 4.78 is 4.92. The molecule has 0 amide bonds. The van der Waals surface area contributed by atoms with Crippen LogP contribution in [0, 0.1) is 0 Å². The summed E-state index contributed by atoms with van der Waals surface area (Å²) >= 11 is 0. The summed E-state index contributed by atoms with van der Waals surface area (Å²) in [5, 5.41) is 0. The molecular weight excluding hydrogens is 214 g/mol. The predicted octanol–water partition coefficient (Wildman–Crippen LogP) is 1.96. The van der Waals surface area contributed by atoms with E-state index in [1.807, 2.05) is 30.3 Å². The number of benzene rings is 1. The first kappa shape index (κ1) is 11.6. The van der Waals surface area contributed by atoms with E-state index in [1.54, 1.807) is 18.6 Å². The summed E-state index contributed by atoms with van der Waals surface area (Å²) in [7, 11) is 0. The Morgan fingerprint density at radius 2 is 1.94 bits per heavy atom. The van der Waals surface area contributed by atoms with Crippen molar-refractivity contribution in [2.75, 3.05) is 0 Å². The number of hydrogen-bond acceptors (Lipinski definition) is 3. The number of rotatable bonds is 5. The number of Topliss-reactive ketones (excluding diaryl/α,β-unsaturated/α-hetero) is 1. The van der Waals surface area contributed by atoms with Crippen LogP contribution in [-0.4, -0.2) is 11.8 Å². The van der Waals surface area contributed by atoms with E-state index >= 15 is 0 Å². The van der Waals surface area contributed by atoms with Crippen molar-refractivity contribution in [1.29, 1.82) is 0 Å². The molecule has 1 unspecified atom stereocenters. The Morgan fingerprint density at radius 3 is 2.59 bits per heavy atom. The van der Waals surface area contributed by atoms with Crippen LogP contribution in [0.2, 0.25) is 0 Å². The third kappa shape index (κ3) is 3.29. The Morgan fingerprint density at radius 1 is 1.18 bits per heavy atom. The van der Waals surface area contributed by atoms with Crippen molar-refractivity contribution in [3.8, 4) is 0 Å². The first-order valence-corrected chi connectivity index (χ1v) is 5.59. The Kier molecular flexibility index (Phi) is 3.73.